The van der Waals surface area contributed by atoms with Crippen LogP contribution in [0.4, 0.5) is 0 Å². The van der Waals surface area contributed by atoms with Crippen LogP contribution in [0.3, 0.4) is 0 Å². The van der Waals surface area contributed by atoms with E-state index in [4.69, 9.17) is 4.99 Å². The molecular weight excluding hydrogens is 382 g/mol. The van der Waals surface area contributed by atoms with Crippen molar-refractivity contribution in [3.63, 3.8) is 0 Å². The predicted octanol–water partition coefficient (Wildman–Crippen LogP) is 2.20. The van der Waals surface area contributed by atoms with Crippen molar-refractivity contribution in [2.45, 2.75) is 63.7 Å². The summed E-state index contributed by atoms with van der Waals surface area (Å²) >= 11 is 0. The molecule has 2 atom stereocenters. The summed E-state index contributed by atoms with van der Waals surface area (Å²) in [5.41, 5.74) is 0.0200. The van der Waals surface area contributed by atoms with E-state index in [1.54, 1.807) is 4.68 Å². The first-order valence-corrected chi connectivity index (χ1v) is 10.7. The van der Waals surface area contributed by atoms with Crippen molar-refractivity contribution >= 4 is 12.1 Å². The summed E-state index contributed by atoms with van der Waals surface area (Å²) in [5, 5.41) is 16.8. The number of rotatable bonds is 6. The van der Waals surface area contributed by atoms with Gasteiger partial charge in [0.15, 0.2) is 11.4 Å². The first-order valence-electron chi connectivity index (χ1n) is 10.7. The molecule has 1 aromatic heterocycles. The number of hydrogen-bond acceptors (Lipinski definition) is 6. The third kappa shape index (κ3) is 3.55. The zero-order chi connectivity index (χ0) is 21.3. The Labute approximate surface area is 176 Å². The number of carbonyl (C=O) groups excluding carboxylic acids is 1. The van der Waals surface area contributed by atoms with Gasteiger partial charge < -0.3 is 15.3 Å². The monoisotopic (exact) mass is 411 g/mol. The molecule has 1 fully saturated rings. The average molecular weight is 412 g/mol. The van der Waals surface area contributed by atoms with Gasteiger partial charge in [-0.05, 0) is 31.0 Å². The quantitative estimate of drug-likeness (QED) is 0.748. The van der Waals surface area contributed by atoms with Crippen molar-refractivity contribution in [2.75, 3.05) is 7.05 Å². The Kier molecular flexibility index (Phi) is 5.49. The minimum absolute atomic E-state index is 0.0232. The highest BCUT2D eigenvalue weighted by atomic mass is 16.3. The van der Waals surface area contributed by atoms with Gasteiger partial charge in [-0.15, -0.1) is 0 Å². The first kappa shape index (κ1) is 20.4. The van der Waals surface area contributed by atoms with Crippen LogP contribution in [0.2, 0.25) is 0 Å². The zero-order valence-electron chi connectivity index (χ0n) is 17.5. The van der Waals surface area contributed by atoms with Crippen molar-refractivity contribution in [2.24, 2.45) is 10.9 Å². The number of aliphatic imine (C=N–C) groups is 1. The number of fused-ring (bicyclic) bond motifs is 1. The van der Waals surface area contributed by atoms with Gasteiger partial charge in [0.1, 0.15) is 6.17 Å². The second-order valence-electron chi connectivity index (χ2n) is 8.41. The summed E-state index contributed by atoms with van der Waals surface area (Å²) in [6.07, 6.45) is 16.3. The molecular formula is C22H29N5O3. The van der Waals surface area contributed by atoms with Crippen LogP contribution in [-0.2, 0) is 6.54 Å². The van der Waals surface area contributed by atoms with Crippen LogP contribution < -0.4 is 10.7 Å². The van der Waals surface area contributed by atoms with Crippen molar-refractivity contribution in [3.8, 4) is 5.75 Å². The van der Waals surface area contributed by atoms with Gasteiger partial charge in [-0.1, -0.05) is 38.3 Å². The van der Waals surface area contributed by atoms with Gasteiger partial charge in [0.2, 0.25) is 0 Å². The van der Waals surface area contributed by atoms with E-state index in [1.807, 2.05) is 6.21 Å². The Hall–Kier alpha value is -2.90. The van der Waals surface area contributed by atoms with Crippen LogP contribution in [0, 0.1) is 5.92 Å². The molecule has 0 aromatic carbocycles. The highest BCUT2D eigenvalue weighted by Crippen LogP contribution is 2.43. The van der Waals surface area contributed by atoms with Crippen molar-refractivity contribution in [3.05, 3.63) is 46.0 Å². The number of nitrogens with zero attached hydrogens (tertiary/aromatic N) is 4. The fraction of sp³-hybridized carbons (Fsp3) is 0.545. The topological polar surface area (TPSA) is 99.8 Å². The minimum atomic E-state index is -0.752. The molecule has 8 nitrogen and oxygen atoms in total. The summed E-state index contributed by atoms with van der Waals surface area (Å²) in [6.45, 7) is 2.64. The van der Waals surface area contributed by atoms with Gasteiger partial charge in [-0.25, -0.2) is 0 Å². The number of dihydropyridines is 1. The molecule has 0 bridgehead atoms. The summed E-state index contributed by atoms with van der Waals surface area (Å²) in [7, 11) is 1.44. The zero-order valence-corrected chi connectivity index (χ0v) is 17.5. The SMILES string of the molecule is CCCC1=CC2C=CN(C3(Cn4cc(O)c(=O)c(C(=O)NC)n4)CCCC3)[C@@H]2N=C1. The van der Waals surface area contributed by atoms with Crippen LogP contribution in [0.15, 0.2) is 39.9 Å². The molecule has 2 aliphatic heterocycles. The number of aromatic nitrogens is 2. The van der Waals surface area contributed by atoms with Crippen LogP contribution in [-0.4, -0.2) is 50.7 Å². The van der Waals surface area contributed by atoms with Gasteiger partial charge in [-0.2, -0.15) is 5.10 Å². The molecule has 30 heavy (non-hydrogen) atoms. The molecule has 2 N–H and O–H groups in total. The van der Waals surface area contributed by atoms with E-state index in [0.717, 1.165) is 38.5 Å². The van der Waals surface area contributed by atoms with E-state index in [1.165, 1.54) is 18.8 Å². The van der Waals surface area contributed by atoms with Gasteiger partial charge in [0.05, 0.1) is 18.3 Å². The molecule has 160 valence electrons. The Morgan fingerprint density at radius 3 is 2.83 bits per heavy atom. The lowest BCUT2D eigenvalue weighted by atomic mass is 9.92. The molecule has 1 unspecified atom stereocenters. The second kappa shape index (κ2) is 8.08. The molecule has 0 radical (unpaired) electrons. The largest absolute Gasteiger partial charge is 0.503 e. The third-order valence-corrected chi connectivity index (χ3v) is 6.36. The summed E-state index contributed by atoms with van der Waals surface area (Å²) in [6, 6.07) is 0. The van der Waals surface area contributed by atoms with Gasteiger partial charge >= 0.3 is 0 Å². The normalized spacial score (nSPS) is 24.1. The lowest BCUT2D eigenvalue weighted by molar-refractivity contribution is 0.0822. The van der Waals surface area contributed by atoms with E-state index >= 15 is 0 Å². The fourth-order valence-electron chi connectivity index (χ4n) is 4.92. The summed E-state index contributed by atoms with van der Waals surface area (Å²) in [5.74, 6) is -0.808. The van der Waals surface area contributed by atoms with E-state index in [0.29, 0.717) is 6.54 Å². The van der Waals surface area contributed by atoms with Gasteiger partial charge in [0.25, 0.3) is 11.3 Å². The van der Waals surface area contributed by atoms with Crippen LogP contribution in [0.5, 0.6) is 5.75 Å². The maximum absolute atomic E-state index is 12.1. The highest BCUT2D eigenvalue weighted by molar-refractivity contribution is 5.92. The number of hydrogen-bond donors (Lipinski definition) is 2. The number of amides is 1. The molecule has 0 saturated heterocycles. The van der Waals surface area contributed by atoms with Gasteiger partial charge in [-0.3, -0.25) is 19.3 Å². The number of allylic oxidation sites excluding steroid dienone is 1. The Bertz CT molecular complexity index is 971. The highest BCUT2D eigenvalue weighted by Gasteiger charge is 2.45. The average Bonchev–Trinajstić information content (AvgIpc) is 3.37. The van der Waals surface area contributed by atoms with E-state index < -0.39 is 17.1 Å². The number of carbonyl (C=O) groups is 1. The maximum atomic E-state index is 12.1. The van der Waals surface area contributed by atoms with E-state index in [2.05, 4.69) is 40.6 Å². The minimum Gasteiger partial charge on any atom is -0.503 e. The van der Waals surface area contributed by atoms with Crippen LogP contribution in [0.25, 0.3) is 0 Å². The molecule has 0 spiro atoms. The lowest BCUT2D eigenvalue weighted by Crippen LogP contribution is -2.51. The first-order chi connectivity index (χ1) is 14.5. The standard InChI is InChI=1S/C22H29N5O3/c1-3-6-15-11-16-7-10-27(20(16)24-12-15)22(8-4-5-9-22)14-26-13-17(28)19(29)18(25-26)21(30)23-2/h7,10-13,16,20,28H,3-6,8-9,14H2,1-2H3,(H,23,30)/t16?,20-/m0/s1. The summed E-state index contributed by atoms with van der Waals surface area (Å²) in [4.78, 5) is 31.4. The fourth-order valence-corrected chi connectivity index (χ4v) is 4.92. The molecule has 1 aromatic rings. The molecule has 4 rings (SSSR count). The smallest absolute Gasteiger partial charge is 0.275 e. The Morgan fingerprint density at radius 2 is 2.13 bits per heavy atom. The summed E-state index contributed by atoms with van der Waals surface area (Å²) < 4.78 is 1.54. The molecule has 3 aliphatic rings. The van der Waals surface area contributed by atoms with Crippen molar-refractivity contribution in [1.29, 1.82) is 0 Å². The molecule has 1 amide bonds. The Morgan fingerprint density at radius 1 is 1.37 bits per heavy atom. The van der Waals surface area contributed by atoms with E-state index in [-0.39, 0.29) is 23.3 Å². The molecule has 1 saturated carbocycles. The lowest BCUT2D eigenvalue weighted by Gasteiger charge is -2.43. The van der Waals surface area contributed by atoms with Crippen molar-refractivity contribution in [1.82, 2.24) is 20.0 Å². The number of aromatic hydroxyl groups is 1. The Balaban J connectivity index is 1.64. The molecule has 3 heterocycles. The molecule has 8 heteroatoms. The predicted molar refractivity (Wildman–Crippen MR) is 114 cm³/mol. The van der Waals surface area contributed by atoms with Crippen molar-refractivity contribution < 1.29 is 9.90 Å². The maximum Gasteiger partial charge on any atom is 0.275 e. The van der Waals surface area contributed by atoms with Gasteiger partial charge in [0, 0.05) is 19.2 Å². The van der Waals surface area contributed by atoms with Crippen LogP contribution in [0.1, 0.15) is 55.9 Å². The molecule has 1 aliphatic carbocycles. The number of nitrogens with one attached hydrogen (secondary N) is 1. The van der Waals surface area contributed by atoms with E-state index in [9.17, 15) is 14.7 Å². The van der Waals surface area contributed by atoms with Crippen LogP contribution >= 0.6 is 0 Å². The third-order valence-electron chi connectivity index (χ3n) is 6.36. The second-order valence-corrected chi connectivity index (χ2v) is 8.41.